The highest BCUT2D eigenvalue weighted by Gasteiger charge is 2.62. The van der Waals surface area contributed by atoms with E-state index in [1.807, 2.05) is 0 Å². The average Bonchev–Trinajstić information content (AvgIpc) is 2.51. The molecule has 0 saturated heterocycles. The number of aliphatic hydroxyl groups is 3. The number of hydrogen-bond donors (Lipinski definition) is 3. The Labute approximate surface area is 134 Å². The second-order valence-corrected chi connectivity index (χ2v) is 5.21. The van der Waals surface area contributed by atoms with Crippen molar-refractivity contribution in [1.82, 2.24) is 0 Å². The Balaban J connectivity index is 6.45. The first-order valence-electron chi connectivity index (χ1n) is 7.07. The Morgan fingerprint density at radius 3 is 1.96 bits per heavy atom. The van der Waals surface area contributed by atoms with E-state index in [1.54, 1.807) is 0 Å². The van der Waals surface area contributed by atoms with Crippen LogP contribution in [-0.2, 0) is 28.7 Å². The van der Waals surface area contributed by atoms with E-state index in [4.69, 9.17) is 1.37 Å². The molecule has 132 valence electrons. The summed E-state index contributed by atoms with van der Waals surface area (Å²) in [6.07, 6.45) is -6.52. The van der Waals surface area contributed by atoms with E-state index in [1.165, 1.54) is 0 Å². The van der Waals surface area contributed by atoms with Crippen molar-refractivity contribution >= 4 is 23.6 Å². The van der Waals surface area contributed by atoms with Gasteiger partial charge in [0, 0.05) is 14.2 Å². The average molecular weight is 335 g/mol. The highest BCUT2D eigenvalue weighted by Crippen LogP contribution is 2.36. The Kier molecular flexibility index (Phi) is 7.10. The molecule has 3 N–H and O–H groups in total. The Bertz CT molecular complexity index is 520. The molecular weight excluding hydrogens is 312 g/mol. The van der Waals surface area contributed by atoms with E-state index >= 15 is 0 Å². The summed E-state index contributed by atoms with van der Waals surface area (Å²) >= 11 is 0. The first-order valence-corrected chi connectivity index (χ1v) is 6.57. The van der Waals surface area contributed by atoms with Crippen molar-refractivity contribution in [3.63, 3.8) is 0 Å². The molecule has 0 aliphatic rings. The maximum atomic E-state index is 12.3. The third-order valence-corrected chi connectivity index (χ3v) is 3.64. The van der Waals surface area contributed by atoms with Gasteiger partial charge in [0.1, 0.15) is 38.5 Å². The monoisotopic (exact) mass is 335 g/mol. The number of Topliss-reactive ketones (excluding diaryl/α,β-unsaturated/α-hetero) is 3. The minimum Gasteiger partial charge on any atom is -0.386 e. The molecule has 0 aromatic rings. The van der Waals surface area contributed by atoms with Gasteiger partial charge in [0.15, 0.2) is 23.0 Å². The second kappa shape index (κ2) is 8.37. The number of aldehydes is 1. The summed E-state index contributed by atoms with van der Waals surface area (Å²) in [6.45, 7) is 0.0210. The molecule has 1 unspecified atom stereocenters. The van der Waals surface area contributed by atoms with Crippen LogP contribution in [0.3, 0.4) is 0 Å². The van der Waals surface area contributed by atoms with Crippen molar-refractivity contribution < 1.29 is 45.3 Å². The van der Waals surface area contributed by atoms with Crippen LogP contribution in [0, 0.1) is 5.41 Å². The predicted octanol–water partition coefficient (Wildman–Crippen LogP) is -2.34. The number of methoxy groups -OCH3 is 2. The van der Waals surface area contributed by atoms with E-state index in [0.717, 1.165) is 28.1 Å². The summed E-state index contributed by atoms with van der Waals surface area (Å²) in [5, 5.41) is 30.7. The third-order valence-electron chi connectivity index (χ3n) is 3.64. The van der Waals surface area contributed by atoms with Crippen LogP contribution in [0.15, 0.2) is 0 Å². The molecule has 23 heavy (non-hydrogen) atoms. The van der Waals surface area contributed by atoms with Gasteiger partial charge in [-0.1, -0.05) is 0 Å². The molecule has 0 bridgehead atoms. The Morgan fingerprint density at radius 1 is 1.17 bits per heavy atom. The molecule has 9 nitrogen and oxygen atoms in total. The maximum absolute atomic E-state index is 12.3. The van der Waals surface area contributed by atoms with Crippen LogP contribution >= 0.6 is 0 Å². The van der Waals surface area contributed by atoms with Crippen LogP contribution < -0.4 is 0 Å². The predicted molar refractivity (Wildman–Crippen MR) is 75.6 cm³/mol. The molecule has 0 aromatic heterocycles. The van der Waals surface area contributed by atoms with E-state index in [2.05, 4.69) is 9.47 Å². The number of carbonyl (C=O) groups excluding carboxylic acids is 4. The lowest BCUT2D eigenvalue weighted by Gasteiger charge is -2.42. The summed E-state index contributed by atoms with van der Waals surface area (Å²) in [5.41, 5.74) is -6.07. The fourth-order valence-corrected chi connectivity index (χ4v) is 2.05. The zero-order valence-electron chi connectivity index (χ0n) is 14.4. The van der Waals surface area contributed by atoms with Crippen LogP contribution in [0.4, 0.5) is 0 Å². The van der Waals surface area contributed by atoms with Gasteiger partial charge >= 0.3 is 0 Å². The van der Waals surface area contributed by atoms with Gasteiger partial charge < -0.3 is 29.6 Å². The highest BCUT2D eigenvalue weighted by atomic mass is 16.5. The minimum absolute atomic E-state index is 0.757. The maximum Gasteiger partial charge on any atom is 0.194 e. The lowest BCUT2D eigenvalue weighted by atomic mass is 9.65. The van der Waals surface area contributed by atoms with Gasteiger partial charge in [-0.2, -0.15) is 0 Å². The first kappa shape index (κ1) is 19.5. The van der Waals surface area contributed by atoms with Gasteiger partial charge in [-0.3, -0.25) is 14.4 Å². The molecule has 9 heteroatoms. The van der Waals surface area contributed by atoms with Crippen LogP contribution in [0.1, 0.15) is 15.2 Å². The van der Waals surface area contributed by atoms with E-state index in [0.29, 0.717) is 0 Å². The number of ether oxygens (including phenoxy) is 2. The molecule has 0 aliphatic heterocycles. The van der Waals surface area contributed by atoms with Crippen molar-refractivity contribution in [1.29, 1.82) is 0 Å². The number of ketones is 3. The van der Waals surface area contributed by atoms with E-state index < -0.39 is 60.0 Å². The normalized spacial score (nSPS) is 19.7. The first-order chi connectivity index (χ1) is 10.9. The van der Waals surface area contributed by atoms with Crippen molar-refractivity contribution in [3.05, 3.63) is 0 Å². The molecular formula is C14H22O9. The third kappa shape index (κ3) is 3.88. The van der Waals surface area contributed by atoms with Gasteiger partial charge in [-0.15, -0.1) is 0 Å². The van der Waals surface area contributed by atoms with Crippen molar-refractivity contribution in [2.45, 2.75) is 31.7 Å². The summed E-state index contributed by atoms with van der Waals surface area (Å²) in [6, 6.07) is 0. The molecule has 0 saturated carbocycles. The van der Waals surface area contributed by atoms with Crippen LogP contribution in [0.25, 0.3) is 0 Å². The summed E-state index contributed by atoms with van der Waals surface area (Å²) in [7, 11) is 2.17. The molecule has 0 amide bonds. The largest absolute Gasteiger partial charge is 0.386 e. The lowest BCUT2D eigenvalue weighted by molar-refractivity contribution is -0.197. The Hall–Kier alpha value is -1.52. The van der Waals surface area contributed by atoms with Crippen LogP contribution in [-0.4, -0.2) is 84.2 Å². The summed E-state index contributed by atoms with van der Waals surface area (Å²) in [5.74, 6) is -3.57. The van der Waals surface area contributed by atoms with Gasteiger partial charge in [0.25, 0.3) is 0 Å². The van der Waals surface area contributed by atoms with Crippen molar-refractivity contribution in [2.75, 3.05) is 27.4 Å². The fraction of sp³-hybridized carbons (Fsp3) is 0.714. The topological polar surface area (TPSA) is 147 Å². The van der Waals surface area contributed by atoms with E-state index in [9.17, 15) is 34.5 Å². The number of hydrogen-bond acceptors (Lipinski definition) is 9. The standard InChI is InChI=1S/C14H22O9/c1-8(16)11(19)12(20)14(21,10(18)6-23-4)13(2,7-15)9(17)5-22-3/h7,11-12,19-21H,5-6H2,1-4H3/t11?,12-,13-,14-/m1/s1/i7D. The zero-order chi connectivity index (χ0) is 19.3. The molecule has 0 fully saturated rings. The Morgan fingerprint density at radius 2 is 1.61 bits per heavy atom. The second-order valence-electron chi connectivity index (χ2n) is 5.21. The summed E-state index contributed by atoms with van der Waals surface area (Å²) in [4.78, 5) is 47.7. The highest BCUT2D eigenvalue weighted by molar-refractivity contribution is 6.08. The van der Waals surface area contributed by atoms with Gasteiger partial charge in [0.05, 0.1) is 0 Å². The van der Waals surface area contributed by atoms with Gasteiger partial charge in [-0.25, -0.2) is 0 Å². The molecule has 0 aliphatic carbocycles. The minimum atomic E-state index is -3.28. The number of rotatable bonds is 11. The lowest BCUT2D eigenvalue weighted by Crippen LogP contribution is -2.68. The van der Waals surface area contributed by atoms with Gasteiger partial charge in [0.2, 0.25) is 0 Å². The molecule has 0 aromatic carbocycles. The fourth-order valence-electron chi connectivity index (χ4n) is 2.05. The summed E-state index contributed by atoms with van der Waals surface area (Å²) < 4.78 is 16.4. The molecule has 0 rings (SSSR count). The van der Waals surface area contributed by atoms with Crippen molar-refractivity contribution in [3.8, 4) is 0 Å². The van der Waals surface area contributed by atoms with Gasteiger partial charge in [-0.05, 0) is 13.8 Å². The van der Waals surface area contributed by atoms with E-state index in [-0.39, 0.29) is 0 Å². The molecule has 0 heterocycles. The molecule has 4 atom stereocenters. The quantitative estimate of drug-likeness (QED) is 0.279. The smallest absolute Gasteiger partial charge is 0.194 e. The number of carbonyl (C=O) groups is 4. The van der Waals surface area contributed by atoms with Crippen molar-refractivity contribution in [2.24, 2.45) is 5.41 Å². The zero-order valence-corrected chi connectivity index (χ0v) is 13.4. The molecule has 0 spiro atoms. The SMILES string of the molecule is [2H]C(=O)[C@](C)(C(=O)COC)[C@@](O)(C(=O)COC)[C@H](O)C(O)C(C)=O. The molecule has 0 radical (unpaired) electrons. The van der Waals surface area contributed by atoms with Crippen LogP contribution in [0.2, 0.25) is 0 Å². The number of aliphatic hydroxyl groups excluding tert-OH is 2. The van der Waals surface area contributed by atoms with Crippen LogP contribution in [0.5, 0.6) is 0 Å².